The lowest BCUT2D eigenvalue weighted by atomic mass is 9.96. The Morgan fingerprint density at radius 1 is 0.952 bits per heavy atom. The van der Waals surface area contributed by atoms with Crippen LogP contribution in [0.25, 0.3) is 0 Å². The van der Waals surface area contributed by atoms with E-state index >= 15 is 0 Å². The molecule has 0 saturated carbocycles. The minimum Gasteiger partial charge on any atom is -0.493 e. The summed E-state index contributed by atoms with van der Waals surface area (Å²) >= 11 is 0. The van der Waals surface area contributed by atoms with E-state index in [2.05, 4.69) is 6.07 Å². The molecular weight excluding hydrogens is 264 g/mol. The summed E-state index contributed by atoms with van der Waals surface area (Å²) in [5, 5.41) is 10.5. The SMILES string of the molecule is COc1ccc(CC(O)c2cc(C)ccc2C)cc1OC. The standard InChI is InChI=1S/C18H22O3/c1-12-5-6-13(2)15(9-12)16(19)10-14-7-8-17(20-3)18(11-14)21-4/h5-9,11,16,19H,10H2,1-4H3. The summed E-state index contributed by atoms with van der Waals surface area (Å²) in [6, 6.07) is 11.9. The van der Waals surface area contributed by atoms with Crippen LogP contribution in [0.4, 0.5) is 0 Å². The van der Waals surface area contributed by atoms with Gasteiger partial charge in [-0.1, -0.05) is 29.8 Å². The predicted molar refractivity (Wildman–Crippen MR) is 84.1 cm³/mol. The zero-order valence-corrected chi connectivity index (χ0v) is 13.0. The van der Waals surface area contributed by atoms with Crippen molar-refractivity contribution in [1.29, 1.82) is 0 Å². The Balaban J connectivity index is 2.23. The highest BCUT2D eigenvalue weighted by molar-refractivity contribution is 5.43. The lowest BCUT2D eigenvalue weighted by molar-refractivity contribution is 0.177. The van der Waals surface area contributed by atoms with Gasteiger partial charge in [0, 0.05) is 6.42 Å². The van der Waals surface area contributed by atoms with Gasteiger partial charge in [0.25, 0.3) is 0 Å². The fraction of sp³-hybridized carbons (Fsp3) is 0.333. The summed E-state index contributed by atoms with van der Waals surface area (Å²) in [5.41, 5.74) is 4.25. The predicted octanol–water partition coefficient (Wildman–Crippen LogP) is 3.60. The molecule has 2 aromatic rings. The van der Waals surface area contributed by atoms with Gasteiger partial charge in [-0.3, -0.25) is 0 Å². The Morgan fingerprint density at radius 3 is 2.33 bits per heavy atom. The second-order valence-electron chi connectivity index (χ2n) is 5.27. The van der Waals surface area contributed by atoms with E-state index in [1.165, 1.54) is 0 Å². The van der Waals surface area contributed by atoms with Crippen molar-refractivity contribution < 1.29 is 14.6 Å². The molecule has 1 atom stereocenters. The molecule has 0 aliphatic carbocycles. The first kappa shape index (κ1) is 15.4. The van der Waals surface area contributed by atoms with Crippen LogP contribution in [0.3, 0.4) is 0 Å². The number of aliphatic hydroxyl groups excluding tert-OH is 1. The number of aryl methyl sites for hydroxylation is 2. The smallest absolute Gasteiger partial charge is 0.160 e. The maximum absolute atomic E-state index is 10.5. The van der Waals surface area contributed by atoms with E-state index in [9.17, 15) is 5.11 Å². The summed E-state index contributed by atoms with van der Waals surface area (Å²) in [5.74, 6) is 1.38. The fourth-order valence-electron chi connectivity index (χ4n) is 2.46. The summed E-state index contributed by atoms with van der Waals surface area (Å²) in [6.45, 7) is 4.05. The van der Waals surface area contributed by atoms with Gasteiger partial charge in [-0.25, -0.2) is 0 Å². The number of aliphatic hydroxyl groups is 1. The molecule has 1 unspecified atom stereocenters. The van der Waals surface area contributed by atoms with E-state index in [0.717, 1.165) is 22.3 Å². The molecule has 0 aliphatic rings. The van der Waals surface area contributed by atoms with E-state index in [0.29, 0.717) is 17.9 Å². The van der Waals surface area contributed by atoms with Crippen molar-refractivity contribution in [2.24, 2.45) is 0 Å². The van der Waals surface area contributed by atoms with Crippen LogP contribution in [0.2, 0.25) is 0 Å². The molecule has 0 radical (unpaired) electrons. The molecule has 0 bridgehead atoms. The molecule has 2 rings (SSSR count). The van der Waals surface area contributed by atoms with Gasteiger partial charge in [0.15, 0.2) is 11.5 Å². The minimum absolute atomic E-state index is 0.525. The quantitative estimate of drug-likeness (QED) is 0.912. The topological polar surface area (TPSA) is 38.7 Å². The van der Waals surface area contributed by atoms with Gasteiger partial charge in [-0.05, 0) is 42.7 Å². The highest BCUT2D eigenvalue weighted by Crippen LogP contribution is 2.30. The van der Waals surface area contributed by atoms with Crippen LogP contribution < -0.4 is 9.47 Å². The lowest BCUT2D eigenvalue weighted by Crippen LogP contribution is -2.05. The van der Waals surface area contributed by atoms with E-state index in [-0.39, 0.29) is 0 Å². The number of methoxy groups -OCH3 is 2. The molecule has 0 aromatic heterocycles. The zero-order valence-electron chi connectivity index (χ0n) is 13.0. The Labute approximate surface area is 126 Å². The van der Waals surface area contributed by atoms with Crippen molar-refractivity contribution in [1.82, 2.24) is 0 Å². The van der Waals surface area contributed by atoms with Gasteiger partial charge in [0.1, 0.15) is 0 Å². The lowest BCUT2D eigenvalue weighted by Gasteiger charge is -2.16. The Hall–Kier alpha value is -2.00. The third-order valence-electron chi connectivity index (χ3n) is 3.67. The van der Waals surface area contributed by atoms with Crippen LogP contribution in [-0.2, 0) is 6.42 Å². The zero-order chi connectivity index (χ0) is 15.4. The fourth-order valence-corrected chi connectivity index (χ4v) is 2.46. The summed E-state index contributed by atoms with van der Waals surface area (Å²) in [7, 11) is 3.23. The Kier molecular flexibility index (Phi) is 4.86. The minimum atomic E-state index is -0.525. The number of hydrogen-bond donors (Lipinski definition) is 1. The molecule has 0 fully saturated rings. The number of hydrogen-bond acceptors (Lipinski definition) is 3. The van der Waals surface area contributed by atoms with Crippen LogP contribution in [0.1, 0.15) is 28.4 Å². The first-order chi connectivity index (χ1) is 10.0. The molecule has 21 heavy (non-hydrogen) atoms. The molecule has 3 nitrogen and oxygen atoms in total. The van der Waals surface area contributed by atoms with E-state index in [1.54, 1.807) is 14.2 Å². The molecule has 0 aliphatic heterocycles. The highest BCUT2D eigenvalue weighted by Gasteiger charge is 2.13. The molecular formula is C18H22O3. The first-order valence-electron chi connectivity index (χ1n) is 7.01. The van der Waals surface area contributed by atoms with Crippen molar-refractivity contribution in [3.63, 3.8) is 0 Å². The van der Waals surface area contributed by atoms with Crippen molar-refractivity contribution in [2.45, 2.75) is 26.4 Å². The molecule has 0 heterocycles. The van der Waals surface area contributed by atoms with E-state index in [1.807, 2.05) is 44.2 Å². The van der Waals surface area contributed by atoms with E-state index < -0.39 is 6.10 Å². The van der Waals surface area contributed by atoms with Crippen molar-refractivity contribution in [2.75, 3.05) is 14.2 Å². The Morgan fingerprint density at radius 2 is 1.67 bits per heavy atom. The maximum Gasteiger partial charge on any atom is 0.160 e. The molecule has 0 saturated heterocycles. The number of benzene rings is 2. The van der Waals surface area contributed by atoms with Gasteiger partial charge >= 0.3 is 0 Å². The third kappa shape index (κ3) is 3.56. The van der Waals surface area contributed by atoms with Crippen LogP contribution in [0, 0.1) is 13.8 Å². The monoisotopic (exact) mass is 286 g/mol. The van der Waals surface area contributed by atoms with Crippen LogP contribution in [-0.4, -0.2) is 19.3 Å². The second-order valence-corrected chi connectivity index (χ2v) is 5.27. The molecule has 2 aromatic carbocycles. The van der Waals surface area contributed by atoms with Crippen LogP contribution >= 0.6 is 0 Å². The molecule has 3 heteroatoms. The van der Waals surface area contributed by atoms with Gasteiger partial charge in [0.05, 0.1) is 20.3 Å². The first-order valence-corrected chi connectivity index (χ1v) is 7.01. The maximum atomic E-state index is 10.5. The number of rotatable bonds is 5. The highest BCUT2D eigenvalue weighted by atomic mass is 16.5. The molecule has 1 N–H and O–H groups in total. The van der Waals surface area contributed by atoms with Crippen molar-refractivity contribution in [3.8, 4) is 11.5 Å². The summed E-state index contributed by atoms with van der Waals surface area (Å²) in [4.78, 5) is 0. The van der Waals surface area contributed by atoms with Crippen LogP contribution in [0.5, 0.6) is 11.5 Å². The van der Waals surface area contributed by atoms with Gasteiger partial charge in [-0.2, -0.15) is 0 Å². The largest absolute Gasteiger partial charge is 0.493 e. The van der Waals surface area contributed by atoms with Gasteiger partial charge in [0.2, 0.25) is 0 Å². The Bertz CT molecular complexity index is 620. The van der Waals surface area contributed by atoms with Crippen molar-refractivity contribution >= 4 is 0 Å². The van der Waals surface area contributed by atoms with Gasteiger partial charge < -0.3 is 14.6 Å². The molecule has 0 spiro atoms. The third-order valence-corrected chi connectivity index (χ3v) is 3.67. The summed E-state index contributed by atoms with van der Waals surface area (Å²) in [6.07, 6.45) is 0.0213. The normalized spacial score (nSPS) is 12.0. The van der Waals surface area contributed by atoms with E-state index in [4.69, 9.17) is 9.47 Å². The van der Waals surface area contributed by atoms with Crippen LogP contribution in [0.15, 0.2) is 36.4 Å². The number of ether oxygens (including phenoxy) is 2. The average Bonchev–Trinajstić information content (AvgIpc) is 2.49. The molecule has 112 valence electrons. The average molecular weight is 286 g/mol. The molecule has 0 amide bonds. The van der Waals surface area contributed by atoms with Gasteiger partial charge in [-0.15, -0.1) is 0 Å². The summed E-state index contributed by atoms with van der Waals surface area (Å²) < 4.78 is 10.5. The van der Waals surface area contributed by atoms with Crippen molar-refractivity contribution in [3.05, 3.63) is 58.7 Å². The second kappa shape index (κ2) is 6.64.